The Balaban J connectivity index is 2.91. The molecule has 2 atom stereocenters. The van der Waals surface area contributed by atoms with Crippen molar-refractivity contribution < 1.29 is 10.2 Å². The Bertz CT molecular complexity index is 317. The van der Waals surface area contributed by atoms with Crippen LogP contribution in [0.4, 0.5) is 0 Å². The fourth-order valence-corrected chi connectivity index (χ4v) is 1.32. The molecular formula is C10H14ClNO2. The van der Waals surface area contributed by atoms with Crippen LogP contribution in [-0.4, -0.2) is 22.9 Å². The van der Waals surface area contributed by atoms with Crippen LogP contribution < -0.4 is 5.73 Å². The van der Waals surface area contributed by atoms with Gasteiger partial charge in [-0.25, -0.2) is 0 Å². The van der Waals surface area contributed by atoms with Gasteiger partial charge >= 0.3 is 0 Å². The fourth-order valence-electron chi connectivity index (χ4n) is 1.20. The second-order valence-corrected chi connectivity index (χ2v) is 3.66. The SMILES string of the molecule is Cc1cc(C(O)C(O)CN)ccc1Cl. The minimum absolute atomic E-state index is 0.0306. The monoisotopic (exact) mass is 215 g/mol. The van der Waals surface area contributed by atoms with Crippen molar-refractivity contribution in [2.75, 3.05) is 6.54 Å². The van der Waals surface area contributed by atoms with Gasteiger partial charge in [-0.3, -0.25) is 0 Å². The molecule has 0 spiro atoms. The first-order valence-electron chi connectivity index (χ1n) is 4.38. The summed E-state index contributed by atoms with van der Waals surface area (Å²) >= 11 is 5.83. The lowest BCUT2D eigenvalue weighted by Crippen LogP contribution is -2.27. The maximum Gasteiger partial charge on any atom is 0.106 e. The van der Waals surface area contributed by atoms with Crippen molar-refractivity contribution in [2.24, 2.45) is 5.73 Å². The average Bonchev–Trinajstić information content (AvgIpc) is 2.20. The van der Waals surface area contributed by atoms with Crippen molar-refractivity contribution in [2.45, 2.75) is 19.1 Å². The van der Waals surface area contributed by atoms with Gasteiger partial charge in [0.25, 0.3) is 0 Å². The lowest BCUT2D eigenvalue weighted by atomic mass is 10.0. The molecule has 0 saturated heterocycles. The van der Waals surface area contributed by atoms with Gasteiger partial charge in [0, 0.05) is 11.6 Å². The van der Waals surface area contributed by atoms with Gasteiger partial charge in [0.2, 0.25) is 0 Å². The summed E-state index contributed by atoms with van der Waals surface area (Å²) in [7, 11) is 0. The molecule has 1 rings (SSSR count). The molecule has 2 unspecified atom stereocenters. The lowest BCUT2D eigenvalue weighted by molar-refractivity contribution is 0.0243. The van der Waals surface area contributed by atoms with Gasteiger partial charge in [0.05, 0.1) is 6.10 Å². The summed E-state index contributed by atoms with van der Waals surface area (Å²) in [4.78, 5) is 0. The third-order valence-electron chi connectivity index (χ3n) is 2.13. The number of hydrogen-bond acceptors (Lipinski definition) is 3. The van der Waals surface area contributed by atoms with E-state index < -0.39 is 12.2 Å². The normalized spacial score (nSPS) is 15.2. The predicted octanol–water partition coefficient (Wildman–Crippen LogP) is 1.00. The van der Waals surface area contributed by atoms with Crippen molar-refractivity contribution in [1.29, 1.82) is 0 Å². The van der Waals surface area contributed by atoms with Gasteiger partial charge in [-0.05, 0) is 24.1 Å². The zero-order chi connectivity index (χ0) is 10.7. The van der Waals surface area contributed by atoms with Crippen molar-refractivity contribution in [1.82, 2.24) is 0 Å². The zero-order valence-corrected chi connectivity index (χ0v) is 8.70. The van der Waals surface area contributed by atoms with Crippen LogP contribution >= 0.6 is 11.6 Å². The molecule has 0 radical (unpaired) electrons. The molecule has 0 fully saturated rings. The number of benzene rings is 1. The lowest BCUT2D eigenvalue weighted by Gasteiger charge is -2.16. The molecule has 0 heterocycles. The summed E-state index contributed by atoms with van der Waals surface area (Å²) in [5.74, 6) is 0. The van der Waals surface area contributed by atoms with E-state index in [1.807, 2.05) is 6.92 Å². The second-order valence-electron chi connectivity index (χ2n) is 3.26. The number of nitrogens with two attached hydrogens (primary N) is 1. The predicted molar refractivity (Wildman–Crippen MR) is 56.2 cm³/mol. The largest absolute Gasteiger partial charge is 0.389 e. The first-order chi connectivity index (χ1) is 6.56. The van der Waals surface area contributed by atoms with E-state index in [4.69, 9.17) is 17.3 Å². The van der Waals surface area contributed by atoms with Gasteiger partial charge in [-0.15, -0.1) is 0 Å². The van der Waals surface area contributed by atoms with Crippen LogP contribution in [0.1, 0.15) is 17.2 Å². The van der Waals surface area contributed by atoms with Gasteiger partial charge in [0.15, 0.2) is 0 Å². The maximum absolute atomic E-state index is 9.63. The molecule has 0 aliphatic heterocycles. The van der Waals surface area contributed by atoms with Crippen molar-refractivity contribution in [3.05, 3.63) is 34.3 Å². The van der Waals surface area contributed by atoms with Gasteiger partial charge < -0.3 is 15.9 Å². The highest BCUT2D eigenvalue weighted by atomic mass is 35.5. The van der Waals surface area contributed by atoms with Crippen molar-refractivity contribution in [3.8, 4) is 0 Å². The third kappa shape index (κ3) is 2.45. The molecule has 1 aromatic carbocycles. The van der Waals surface area contributed by atoms with Crippen LogP contribution in [0.5, 0.6) is 0 Å². The number of hydrogen-bond donors (Lipinski definition) is 3. The van der Waals surface area contributed by atoms with Crippen LogP contribution in [0, 0.1) is 6.92 Å². The summed E-state index contributed by atoms with van der Waals surface area (Å²) < 4.78 is 0. The molecule has 4 heteroatoms. The quantitative estimate of drug-likeness (QED) is 0.705. The number of aryl methyl sites for hydroxylation is 1. The first kappa shape index (κ1) is 11.5. The van der Waals surface area contributed by atoms with Crippen LogP contribution in [-0.2, 0) is 0 Å². The highest BCUT2D eigenvalue weighted by molar-refractivity contribution is 6.31. The molecule has 0 amide bonds. The third-order valence-corrected chi connectivity index (χ3v) is 2.55. The summed E-state index contributed by atoms with van der Waals surface area (Å²) in [5, 5.41) is 19.6. The van der Waals surface area contributed by atoms with E-state index in [-0.39, 0.29) is 6.54 Å². The molecule has 0 bridgehead atoms. The van der Waals surface area contributed by atoms with Crippen LogP contribution in [0.3, 0.4) is 0 Å². The Morgan fingerprint density at radius 1 is 1.43 bits per heavy atom. The fraction of sp³-hybridized carbons (Fsp3) is 0.400. The number of aliphatic hydroxyl groups is 2. The molecule has 4 N–H and O–H groups in total. The molecule has 1 aromatic rings. The summed E-state index contributed by atoms with van der Waals surface area (Å²) in [6.45, 7) is 1.87. The number of rotatable bonds is 3. The van der Waals surface area contributed by atoms with Crippen LogP contribution in [0.15, 0.2) is 18.2 Å². The number of aliphatic hydroxyl groups excluding tert-OH is 2. The Morgan fingerprint density at radius 2 is 2.07 bits per heavy atom. The number of halogens is 1. The first-order valence-corrected chi connectivity index (χ1v) is 4.76. The molecule has 0 aliphatic rings. The van der Waals surface area contributed by atoms with Crippen molar-refractivity contribution >= 4 is 11.6 Å². The van der Waals surface area contributed by atoms with Crippen molar-refractivity contribution in [3.63, 3.8) is 0 Å². The maximum atomic E-state index is 9.63. The van der Waals surface area contributed by atoms with Crippen LogP contribution in [0.25, 0.3) is 0 Å². The van der Waals surface area contributed by atoms with E-state index in [1.54, 1.807) is 18.2 Å². The molecule has 14 heavy (non-hydrogen) atoms. The Kier molecular flexibility index (Phi) is 3.89. The highest BCUT2D eigenvalue weighted by Crippen LogP contribution is 2.22. The van der Waals surface area contributed by atoms with Gasteiger partial charge in [0.1, 0.15) is 6.10 Å². The van der Waals surface area contributed by atoms with E-state index in [0.717, 1.165) is 5.56 Å². The summed E-state index contributed by atoms with van der Waals surface area (Å²) in [5.41, 5.74) is 6.74. The minimum Gasteiger partial charge on any atom is -0.389 e. The van der Waals surface area contributed by atoms with E-state index in [9.17, 15) is 10.2 Å². The van der Waals surface area contributed by atoms with E-state index in [0.29, 0.717) is 10.6 Å². The van der Waals surface area contributed by atoms with Crippen LogP contribution in [0.2, 0.25) is 5.02 Å². The highest BCUT2D eigenvalue weighted by Gasteiger charge is 2.16. The standard InChI is InChI=1S/C10H14ClNO2/c1-6-4-7(2-3-8(6)11)10(14)9(13)5-12/h2-4,9-10,13-14H,5,12H2,1H3. The molecule has 3 nitrogen and oxygen atoms in total. The molecular weight excluding hydrogens is 202 g/mol. The molecule has 0 aromatic heterocycles. The molecule has 0 saturated carbocycles. The summed E-state index contributed by atoms with van der Waals surface area (Å²) in [6.07, 6.45) is -1.88. The van der Waals surface area contributed by atoms with E-state index >= 15 is 0 Å². The smallest absolute Gasteiger partial charge is 0.106 e. The molecule has 0 aliphatic carbocycles. The Labute approximate surface area is 88.1 Å². The van der Waals surface area contributed by atoms with Gasteiger partial charge in [-0.1, -0.05) is 23.7 Å². The minimum atomic E-state index is -0.948. The Hall–Kier alpha value is -0.610. The zero-order valence-electron chi connectivity index (χ0n) is 7.94. The average molecular weight is 216 g/mol. The van der Waals surface area contributed by atoms with E-state index in [1.165, 1.54) is 0 Å². The topological polar surface area (TPSA) is 66.5 Å². The van der Waals surface area contributed by atoms with Gasteiger partial charge in [-0.2, -0.15) is 0 Å². The molecule has 78 valence electrons. The van der Waals surface area contributed by atoms with E-state index in [2.05, 4.69) is 0 Å². The Morgan fingerprint density at radius 3 is 2.57 bits per heavy atom. The summed E-state index contributed by atoms with van der Waals surface area (Å²) in [6, 6.07) is 5.11. The second kappa shape index (κ2) is 4.75.